The number of hydrogen-bond acceptors (Lipinski definition) is 5. The molecule has 194 valence electrons. The van der Waals surface area contributed by atoms with Crippen molar-refractivity contribution >= 4 is 35.1 Å². The molecule has 7 nitrogen and oxygen atoms in total. The summed E-state index contributed by atoms with van der Waals surface area (Å²) in [5.74, 6) is -2.07. The molecule has 1 saturated heterocycles. The molecule has 1 aliphatic heterocycles. The van der Waals surface area contributed by atoms with Gasteiger partial charge in [0.15, 0.2) is 6.61 Å². The van der Waals surface area contributed by atoms with Crippen molar-refractivity contribution in [3.8, 4) is 0 Å². The number of esters is 1. The van der Waals surface area contributed by atoms with Crippen LogP contribution in [0.4, 0.5) is 11.4 Å². The van der Waals surface area contributed by atoms with Crippen molar-refractivity contribution in [1.29, 1.82) is 0 Å². The molecule has 0 unspecified atom stereocenters. The highest BCUT2D eigenvalue weighted by molar-refractivity contribution is 6.22. The first kappa shape index (κ1) is 25.4. The van der Waals surface area contributed by atoms with Gasteiger partial charge in [0.25, 0.3) is 5.91 Å². The molecule has 0 bridgehead atoms. The van der Waals surface area contributed by atoms with Gasteiger partial charge in [0.05, 0.1) is 23.1 Å². The van der Waals surface area contributed by atoms with Crippen LogP contribution in [0.3, 0.4) is 0 Å². The molecule has 2 aliphatic rings. The first-order valence-electron chi connectivity index (χ1n) is 12.9. The third-order valence-electron chi connectivity index (χ3n) is 7.66. The van der Waals surface area contributed by atoms with E-state index in [0.29, 0.717) is 24.2 Å². The van der Waals surface area contributed by atoms with Gasteiger partial charge in [-0.25, -0.2) is 4.79 Å². The number of carbonyl (C=O) groups is 4. The second-order valence-corrected chi connectivity index (χ2v) is 10.1. The number of carbonyl (C=O) groups excluding carboxylic acids is 4. The minimum Gasteiger partial charge on any atom is -0.452 e. The molecule has 0 radical (unpaired) electrons. The summed E-state index contributed by atoms with van der Waals surface area (Å²) in [7, 11) is 0. The number of benzene rings is 3. The molecule has 5 rings (SSSR count). The molecule has 1 aliphatic carbocycles. The van der Waals surface area contributed by atoms with E-state index >= 15 is 0 Å². The molecule has 2 fully saturated rings. The van der Waals surface area contributed by atoms with E-state index in [2.05, 4.69) is 17.4 Å². The number of nitrogens with zero attached hydrogens (tertiary/aromatic N) is 1. The zero-order valence-electron chi connectivity index (χ0n) is 21.5. The molecule has 3 atom stereocenters. The number of amides is 3. The van der Waals surface area contributed by atoms with Crippen LogP contribution in [-0.2, 0) is 19.1 Å². The lowest BCUT2D eigenvalue weighted by Gasteiger charge is -2.28. The van der Waals surface area contributed by atoms with E-state index < -0.39 is 18.5 Å². The van der Waals surface area contributed by atoms with Crippen molar-refractivity contribution in [1.82, 2.24) is 0 Å². The van der Waals surface area contributed by atoms with Gasteiger partial charge < -0.3 is 10.1 Å². The minimum absolute atomic E-state index is 0.166. The van der Waals surface area contributed by atoms with E-state index in [4.69, 9.17) is 4.74 Å². The average Bonchev–Trinajstić information content (AvgIpc) is 3.19. The second kappa shape index (κ2) is 10.6. The molecule has 38 heavy (non-hydrogen) atoms. The summed E-state index contributed by atoms with van der Waals surface area (Å²) in [4.78, 5) is 52.8. The fraction of sp³-hybridized carbons (Fsp3) is 0.290. The Labute approximate surface area is 221 Å². The summed E-state index contributed by atoms with van der Waals surface area (Å²) in [6.07, 6.45) is 2.14. The largest absolute Gasteiger partial charge is 0.452 e. The number of nitrogens with one attached hydrogen (secondary N) is 1. The molecule has 3 aromatic carbocycles. The number of hydrogen-bond donors (Lipinski definition) is 1. The van der Waals surface area contributed by atoms with Crippen molar-refractivity contribution in [2.75, 3.05) is 16.8 Å². The van der Waals surface area contributed by atoms with Crippen molar-refractivity contribution in [2.45, 2.75) is 39.0 Å². The topological polar surface area (TPSA) is 92.8 Å². The maximum Gasteiger partial charge on any atom is 0.338 e. The standard InChI is InChI=1S/C31H30N2O5/c1-19-11-13-24(15-20(19)2)32-28(34)18-38-31(37)23-9-6-10-25(16-23)33-29(35)26-14-12-22(17-27(26)30(33)36)21-7-4-3-5-8-21/h3-11,13,15-16,22,26-27H,12,14,17-18H2,1-2H3,(H,32,34)/t22-,26-,27+/m1/s1. The Morgan fingerprint density at radius 2 is 1.63 bits per heavy atom. The summed E-state index contributed by atoms with van der Waals surface area (Å²) in [5, 5.41) is 2.71. The van der Waals surface area contributed by atoms with Crippen molar-refractivity contribution in [2.24, 2.45) is 11.8 Å². The Kier molecular flexibility index (Phi) is 7.09. The lowest BCUT2D eigenvalue weighted by Crippen LogP contribution is -2.31. The van der Waals surface area contributed by atoms with Crippen LogP contribution in [0.15, 0.2) is 72.8 Å². The highest BCUT2D eigenvalue weighted by Gasteiger charge is 2.50. The molecule has 0 spiro atoms. The fourth-order valence-electron chi connectivity index (χ4n) is 5.46. The first-order chi connectivity index (χ1) is 18.3. The Balaban J connectivity index is 1.24. The van der Waals surface area contributed by atoms with Crippen molar-refractivity contribution in [3.05, 3.63) is 95.1 Å². The Morgan fingerprint density at radius 1 is 0.868 bits per heavy atom. The van der Waals surface area contributed by atoms with Crippen LogP contribution in [0.1, 0.15) is 52.2 Å². The number of anilines is 2. The summed E-state index contributed by atoms with van der Waals surface area (Å²) in [6, 6.07) is 21.9. The first-order valence-corrected chi connectivity index (χ1v) is 12.9. The van der Waals surface area contributed by atoms with Gasteiger partial charge >= 0.3 is 5.97 Å². The van der Waals surface area contributed by atoms with E-state index in [1.807, 2.05) is 44.2 Å². The van der Waals surface area contributed by atoms with E-state index in [0.717, 1.165) is 17.5 Å². The fourth-order valence-corrected chi connectivity index (χ4v) is 5.46. The zero-order valence-corrected chi connectivity index (χ0v) is 21.5. The van der Waals surface area contributed by atoms with Gasteiger partial charge in [-0.1, -0.05) is 42.5 Å². The number of ether oxygens (including phenoxy) is 1. The third-order valence-corrected chi connectivity index (χ3v) is 7.66. The maximum absolute atomic E-state index is 13.4. The predicted molar refractivity (Wildman–Crippen MR) is 144 cm³/mol. The van der Waals surface area contributed by atoms with Crippen LogP contribution in [0, 0.1) is 25.7 Å². The van der Waals surface area contributed by atoms with Crippen molar-refractivity contribution < 1.29 is 23.9 Å². The normalized spacial score (nSPS) is 20.7. The van der Waals surface area contributed by atoms with Gasteiger partial charge in [-0.05, 0) is 86.1 Å². The molecule has 3 aromatic rings. The van der Waals surface area contributed by atoms with Crippen LogP contribution in [-0.4, -0.2) is 30.3 Å². The summed E-state index contributed by atoms with van der Waals surface area (Å²) in [6.45, 7) is 3.47. The number of imide groups is 1. The summed E-state index contributed by atoms with van der Waals surface area (Å²) >= 11 is 0. The molecule has 1 N–H and O–H groups in total. The highest BCUT2D eigenvalue weighted by Crippen LogP contribution is 2.45. The lowest BCUT2D eigenvalue weighted by molar-refractivity contribution is -0.122. The van der Waals surface area contributed by atoms with Gasteiger partial charge in [-0.3, -0.25) is 19.3 Å². The van der Waals surface area contributed by atoms with Gasteiger partial charge in [-0.2, -0.15) is 0 Å². The van der Waals surface area contributed by atoms with Gasteiger partial charge in [0.2, 0.25) is 11.8 Å². The van der Waals surface area contributed by atoms with Gasteiger partial charge in [0, 0.05) is 5.69 Å². The lowest BCUT2D eigenvalue weighted by atomic mass is 9.73. The quantitative estimate of drug-likeness (QED) is 0.365. The molecular weight excluding hydrogens is 480 g/mol. The summed E-state index contributed by atoms with van der Waals surface area (Å²) < 4.78 is 5.21. The van der Waals surface area contributed by atoms with Crippen LogP contribution in [0.2, 0.25) is 0 Å². The molecule has 3 amide bonds. The minimum atomic E-state index is -0.706. The predicted octanol–water partition coefficient (Wildman–Crippen LogP) is 5.17. The van der Waals surface area contributed by atoms with E-state index in [1.54, 1.807) is 18.2 Å². The Bertz CT molecular complexity index is 1400. The Morgan fingerprint density at radius 3 is 2.39 bits per heavy atom. The molecule has 1 heterocycles. The molecule has 0 aromatic heterocycles. The van der Waals surface area contributed by atoms with Gasteiger partial charge in [-0.15, -0.1) is 0 Å². The SMILES string of the molecule is Cc1ccc(NC(=O)COC(=O)c2cccc(N3C(=O)[C@H]4C[C@H](c5ccccc5)CC[C@H]4C3=O)c2)cc1C. The molecule has 1 saturated carbocycles. The number of rotatable bonds is 6. The maximum atomic E-state index is 13.4. The molecule has 7 heteroatoms. The average molecular weight is 511 g/mol. The van der Waals surface area contributed by atoms with Crippen LogP contribution in [0.5, 0.6) is 0 Å². The zero-order chi connectivity index (χ0) is 26.8. The van der Waals surface area contributed by atoms with E-state index in [-0.39, 0.29) is 35.1 Å². The van der Waals surface area contributed by atoms with E-state index in [1.165, 1.54) is 22.6 Å². The number of aryl methyl sites for hydroxylation is 2. The van der Waals surface area contributed by atoms with E-state index in [9.17, 15) is 19.2 Å². The molecular formula is C31H30N2O5. The monoisotopic (exact) mass is 510 g/mol. The second-order valence-electron chi connectivity index (χ2n) is 10.1. The highest BCUT2D eigenvalue weighted by atomic mass is 16.5. The van der Waals surface area contributed by atoms with Crippen molar-refractivity contribution in [3.63, 3.8) is 0 Å². The smallest absolute Gasteiger partial charge is 0.338 e. The summed E-state index contributed by atoms with van der Waals surface area (Å²) in [5.41, 5.74) is 4.48. The van der Waals surface area contributed by atoms with Crippen LogP contribution in [0.25, 0.3) is 0 Å². The van der Waals surface area contributed by atoms with Gasteiger partial charge in [0.1, 0.15) is 0 Å². The van der Waals surface area contributed by atoms with Crippen LogP contribution < -0.4 is 10.2 Å². The third kappa shape index (κ3) is 5.09. The Hall–Kier alpha value is -4.26. The van der Waals surface area contributed by atoms with Crippen LogP contribution >= 0.6 is 0 Å². The number of fused-ring (bicyclic) bond motifs is 1.